The van der Waals surface area contributed by atoms with Crippen molar-refractivity contribution in [2.24, 2.45) is 5.41 Å². The molecule has 1 spiro atoms. The average Bonchev–Trinajstić information content (AvgIpc) is 2.97. The molecule has 128 valence electrons. The van der Waals surface area contributed by atoms with E-state index in [1.165, 1.54) is 12.8 Å². The minimum Gasteiger partial charge on any atom is -0.331 e. The molecule has 1 saturated heterocycles. The first-order valence-electron chi connectivity index (χ1n) is 8.61. The van der Waals surface area contributed by atoms with Crippen molar-refractivity contribution in [1.82, 2.24) is 20.1 Å². The lowest BCUT2D eigenvalue weighted by atomic mass is 9.93. The maximum absolute atomic E-state index is 12.9. The van der Waals surface area contributed by atoms with Crippen molar-refractivity contribution in [3.8, 4) is 0 Å². The Balaban J connectivity index is 1.70. The molecule has 2 aliphatic rings. The number of hydrogen-bond acceptors (Lipinski definition) is 5. The van der Waals surface area contributed by atoms with Crippen molar-refractivity contribution in [3.63, 3.8) is 0 Å². The van der Waals surface area contributed by atoms with Gasteiger partial charge < -0.3 is 10.2 Å². The second-order valence-electron chi connectivity index (χ2n) is 7.29. The van der Waals surface area contributed by atoms with Crippen LogP contribution in [-0.2, 0) is 11.3 Å². The highest BCUT2D eigenvalue weighted by Gasteiger charge is 2.57. The lowest BCUT2D eigenvalue weighted by Gasteiger charge is -2.31. The zero-order valence-corrected chi connectivity index (χ0v) is 15.2. The first-order valence-corrected chi connectivity index (χ1v) is 9.48. The Morgan fingerprint density at radius 1 is 1.48 bits per heavy atom. The van der Waals surface area contributed by atoms with Crippen LogP contribution in [0.4, 0.5) is 0 Å². The smallest absolute Gasteiger partial charge is 0.237 e. The van der Waals surface area contributed by atoms with Gasteiger partial charge in [-0.05, 0) is 58.7 Å². The van der Waals surface area contributed by atoms with Gasteiger partial charge in [0, 0.05) is 23.7 Å². The number of hydrogen-bond donors (Lipinski definition) is 1. The summed E-state index contributed by atoms with van der Waals surface area (Å²) in [6, 6.07) is 0.786. The van der Waals surface area contributed by atoms with Crippen LogP contribution in [-0.4, -0.2) is 59.5 Å². The number of aromatic nitrogens is 1. The fraction of sp³-hybridized carbons (Fsp3) is 0.765. The Labute approximate surface area is 143 Å². The number of amides is 1. The van der Waals surface area contributed by atoms with E-state index in [4.69, 9.17) is 0 Å². The molecule has 6 heteroatoms. The summed E-state index contributed by atoms with van der Waals surface area (Å²) in [5, 5.41) is 6.47. The Hall–Kier alpha value is -0.980. The van der Waals surface area contributed by atoms with E-state index < -0.39 is 0 Å². The number of nitrogens with one attached hydrogen (secondary N) is 1. The second-order valence-corrected chi connectivity index (χ2v) is 8.27. The fourth-order valence-corrected chi connectivity index (χ4v) is 4.18. The van der Waals surface area contributed by atoms with Crippen molar-refractivity contribution >= 4 is 17.2 Å². The Kier molecular flexibility index (Phi) is 5.04. The summed E-state index contributed by atoms with van der Waals surface area (Å²) in [4.78, 5) is 21.6. The molecule has 1 aromatic heterocycles. The lowest BCUT2D eigenvalue weighted by molar-refractivity contribution is -0.134. The monoisotopic (exact) mass is 336 g/mol. The van der Waals surface area contributed by atoms with Crippen LogP contribution in [0, 0.1) is 5.41 Å². The molecule has 1 aromatic rings. The van der Waals surface area contributed by atoms with Crippen molar-refractivity contribution in [2.45, 2.75) is 51.7 Å². The van der Waals surface area contributed by atoms with E-state index in [9.17, 15) is 4.79 Å². The molecule has 3 rings (SSSR count). The summed E-state index contributed by atoms with van der Waals surface area (Å²) >= 11 is 1.64. The number of carbonyl (C=O) groups is 1. The number of likely N-dealkylation sites (N-methyl/N-ethyl adjacent to an activating group) is 1. The third kappa shape index (κ3) is 3.75. The van der Waals surface area contributed by atoms with Crippen molar-refractivity contribution in [1.29, 1.82) is 0 Å². The minimum absolute atomic E-state index is 0.247. The normalized spacial score (nSPS) is 22.7. The van der Waals surface area contributed by atoms with Gasteiger partial charge in [0.15, 0.2) is 0 Å². The molecule has 2 heterocycles. The van der Waals surface area contributed by atoms with Crippen molar-refractivity contribution in [3.05, 3.63) is 16.6 Å². The van der Waals surface area contributed by atoms with Gasteiger partial charge in [0.1, 0.15) is 5.01 Å². The molecule has 0 bridgehead atoms. The van der Waals surface area contributed by atoms with Crippen LogP contribution in [0.3, 0.4) is 0 Å². The summed E-state index contributed by atoms with van der Waals surface area (Å²) in [5.74, 6) is 0.247. The van der Waals surface area contributed by atoms with Gasteiger partial charge in [-0.3, -0.25) is 9.69 Å². The van der Waals surface area contributed by atoms with Crippen molar-refractivity contribution in [2.75, 3.05) is 26.7 Å². The fourth-order valence-electron chi connectivity index (χ4n) is 3.56. The van der Waals surface area contributed by atoms with E-state index in [2.05, 4.69) is 33.9 Å². The molecule has 1 unspecified atom stereocenters. The van der Waals surface area contributed by atoms with E-state index in [0.717, 1.165) is 24.5 Å². The molecular formula is C17H28N4OS. The largest absolute Gasteiger partial charge is 0.331 e. The second kappa shape index (κ2) is 6.87. The third-order valence-corrected chi connectivity index (χ3v) is 6.26. The molecular weight excluding hydrogens is 308 g/mol. The highest BCUT2D eigenvalue weighted by atomic mass is 32.1. The molecule has 1 atom stereocenters. The quantitative estimate of drug-likeness (QED) is 0.863. The maximum atomic E-state index is 12.9. The van der Waals surface area contributed by atoms with Gasteiger partial charge >= 0.3 is 0 Å². The first kappa shape index (κ1) is 16.9. The predicted molar refractivity (Wildman–Crippen MR) is 93.4 cm³/mol. The molecule has 1 N–H and O–H groups in total. The van der Waals surface area contributed by atoms with Gasteiger partial charge in [-0.2, -0.15) is 0 Å². The van der Waals surface area contributed by atoms with E-state index in [-0.39, 0.29) is 5.91 Å². The van der Waals surface area contributed by atoms with Gasteiger partial charge in [0.2, 0.25) is 5.91 Å². The summed E-state index contributed by atoms with van der Waals surface area (Å²) < 4.78 is 0. The van der Waals surface area contributed by atoms with Crippen LogP contribution >= 0.6 is 11.3 Å². The number of nitrogens with zero attached hydrogens (tertiary/aromatic N) is 3. The van der Waals surface area contributed by atoms with Crippen molar-refractivity contribution < 1.29 is 4.79 Å². The van der Waals surface area contributed by atoms with Crippen LogP contribution in [0.15, 0.2) is 11.6 Å². The number of piperidine rings is 1. The number of rotatable bonds is 6. The predicted octanol–water partition coefficient (Wildman–Crippen LogP) is 1.95. The molecule has 1 aliphatic carbocycles. The summed E-state index contributed by atoms with van der Waals surface area (Å²) in [6.45, 7) is 7.59. The molecule has 1 saturated carbocycles. The van der Waals surface area contributed by atoms with Gasteiger partial charge in [-0.1, -0.05) is 0 Å². The van der Waals surface area contributed by atoms with E-state index in [0.29, 0.717) is 30.6 Å². The highest BCUT2D eigenvalue weighted by Crippen LogP contribution is 2.56. The Bertz CT molecular complexity index is 525. The van der Waals surface area contributed by atoms with E-state index in [1.54, 1.807) is 11.3 Å². The average molecular weight is 337 g/mol. The zero-order chi connectivity index (χ0) is 16.4. The zero-order valence-electron chi connectivity index (χ0n) is 14.4. The van der Waals surface area contributed by atoms with Gasteiger partial charge in [0.25, 0.3) is 0 Å². The summed E-state index contributed by atoms with van der Waals surface area (Å²) in [7, 11) is 2.03. The summed E-state index contributed by atoms with van der Waals surface area (Å²) in [6.07, 6.45) is 5.38. The SMILES string of the molecule is CC(C)N(C)CC(=O)N(Cc1nccs1)C1CC12CCNCC2. The molecule has 1 aliphatic heterocycles. The molecule has 5 nitrogen and oxygen atoms in total. The van der Waals surface area contributed by atoms with E-state index >= 15 is 0 Å². The summed E-state index contributed by atoms with van der Waals surface area (Å²) in [5.41, 5.74) is 0.370. The highest BCUT2D eigenvalue weighted by molar-refractivity contribution is 7.09. The topological polar surface area (TPSA) is 48.5 Å². The van der Waals surface area contributed by atoms with Gasteiger partial charge in [-0.15, -0.1) is 11.3 Å². The van der Waals surface area contributed by atoms with E-state index in [1.807, 2.05) is 18.6 Å². The Morgan fingerprint density at radius 3 is 2.83 bits per heavy atom. The minimum atomic E-state index is 0.247. The Morgan fingerprint density at radius 2 is 2.22 bits per heavy atom. The molecule has 23 heavy (non-hydrogen) atoms. The van der Waals surface area contributed by atoms with Crippen LogP contribution in [0.25, 0.3) is 0 Å². The van der Waals surface area contributed by atoms with Gasteiger partial charge in [-0.25, -0.2) is 4.98 Å². The molecule has 0 radical (unpaired) electrons. The molecule has 2 fully saturated rings. The number of thiazole rings is 1. The molecule has 1 amide bonds. The van der Waals surface area contributed by atoms with Gasteiger partial charge in [0.05, 0.1) is 13.1 Å². The van der Waals surface area contributed by atoms with Crippen LogP contribution in [0.1, 0.15) is 38.1 Å². The third-order valence-electron chi connectivity index (χ3n) is 5.50. The number of carbonyl (C=O) groups excluding carboxylic acids is 1. The van der Waals surface area contributed by atoms with Crippen LogP contribution in [0.5, 0.6) is 0 Å². The standard InChI is InChI=1S/C17H28N4OS/c1-13(2)20(3)12-16(22)21(11-15-19-8-9-23-15)14-10-17(14)4-6-18-7-5-17/h8-9,13-14,18H,4-7,10-12H2,1-3H3. The first-order chi connectivity index (χ1) is 11.0. The lowest BCUT2D eigenvalue weighted by Crippen LogP contribution is -2.44. The van der Waals surface area contributed by atoms with Crippen LogP contribution in [0.2, 0.25) is 0 Å². The van der Waals surface area contributed by atoms with Crippen LogP contribution < -0.4 is 5.32 Å². The molecule has 0 aromatic carbocycles. The maximum Gasteiger partial charge on any atom is 0.237 e.